The zero-order valence-corrected chi connectivity index (χ0v) is 8.26. The predicted octanol–water partition coefficient (Wildman–Crippen LogP) is 0.481. The highest BCUT2D eigenvalue weighted by molar-refractivity contribution is 5.69. The van der Waals surface area contributed by atoms with Crippen molar-refractivity contribution in [2.75, 3.05) is 6.54 Å². The van der Waals surface area contributed by atoms with Crippen LogP contribution in [0.3, 0.4) is 0 Å². The molecule has 0 aromatic rings. The molecule has 13 heavy (non-hydrogen) atoms. The number of ether oxygens (including phenoxy) is 1. The Balaban J connectivity index is 1.73. The van der Waals surface area contributed by atoms with Crippen LogP contribution in [0.2, 0.25) is 0 Å². The number of hydrogen-bond acceptors (Lipinski definition) is 3. The molecule has 1 aliphatic heterocycles. The molecule has 2 fully saturated rings. The van der Waals surface area contributed by atoms with Gasteiger partial charge in [0.05, 0.1) is 6.04 Å². The number of carbonyl (C=O) groups excluding carboxylic acids is 1. The molecular weight excluding hydrogens is 168 g/mol. The summed E-state index contributed by atoms with van der Waals surface area (Å²) in [6.45, 7) is 6.64. The lowest BCUT2D eigenvalue weighted by atomic mass is 10.2. The van der Waals surface area contributed by atoms with Gasteiger partial charge in [0.15, 0.2) is 0 Å². The molecule has 0 spiro atoms. The van der Waals surface area contributed by atoms with Crippen molar-refractivity contribution in [3.8, 4) is 0 Å². The molecule has 1 saturated heterocycles. The zero-order chi connectivity index (χ0) is 9.64. The van der Waals surface area contributed by atoms with Crippen LogP contribution >= 0.6 is 0 Å². The first kappa shape index (κ1) is 8.81. The number of hydrogen-bond donors (Lipinski definition) is 2. The highest BCUT2D eigenvalue weighted by Crippen LogP contribution is 2.38. The minimum Gasteiger partial charge on any atom is -0.444 e. The third kappa shape index (κ3) is 1.77. The van der Waals surface area contributed by atoms with Crippen molar-refractivity contribution in [3.05, 3.63) is 0 Å². The van der Waals surface area contributed by atoms with Crippen LogP contribution < -0.4 is 10.6 Å². The van der Waals surface area contributed by atoms with Crippen LogP contribution in [0.4, 0.5) is 4.79 Å². The molecule has 3 unspecified atom stereocenters. The second kappa shape index (κ2) is 2.61. The molecule has 1 heterocycles. The summed E-state index contributed by atoms with van der Waals surface area (Å²) in [6, 6.07) is 0.836. The van der Waals surface area contributed by atoms with Gasteiger partial charge in [-0.1, -0.05) is 0 Å². The van der Waals surface area contributed by atoms with E-state index in [1.54, 1.807) is 0 Å². The van der Waals surface area contributed by atoms with Gasteiger partial charge in [0, 0.05) is 18.5 Å². The van der Waals surface area contributed by atoms with Crippen LogP contribution in [0.25, 0.3) is 0 Å². The first-order valence-electron chi connectivity index (χ1n) is 4.70. The molecule has 2 aliphatic rings. The van der Waals surface area contributed by atoms with E-state index in [1.807, 2.05) is 20.8 Å². The lowest BCUT2D eigenvalue weighted by Gasteiger charge is -2.19. The summed E-state index contributed by atoms with van der Waals surface area (Å²) in [5.74, 6) is 0.660. The van der Waals surface area contributed by atoms with Gasteiger partial charge in [-0.05, 0) is 20.8 Å². The van der Waals surface area contributed by atoms with Crippen molar-refractivity contribution in [2.45, 2.75) is 38.5 Å². The maximum Gasteiger partial charge on any atom is 0.407 e. The van der Waals surface area contributed by atoms with Crippen LogP contribution in [0, 0.1) is 5.92 Å². The van der Waals surface area contributed by atoms with Crippen molar-refractivity contribution in [2.24, 2.45) is 5.92 Å². The van der Waals surface area contributed by atoms with Gasteiger partial charge in [-0.15, -0.1) is 0 Å². The van der Waals surface area contributed by atoms with E-state index in [0.717, 1.165) is 6.54 Å². The van der Waals surface area contributed by atoms with Gasteiger partial charge >= 0.3 is 6.09 Å². The Morgan fingerprint density at radius 3 is 2.54 bits per heavy atom. The van der Waals surface area contributed by atoms with Crippen molar-refractivity contribution in [3.63, 3.8) is 0 Å². The fourth-order valence-corrected chi connectivity index (χ4v) is 1.66. The van der Waals surface area contributed by atoms with Gasteiger partial charge in [0.2, 0.25) is 0 Å². The normalized spacial score (nSPS) is 35.8. The topological polar surface area (TPSA) is 50.4 Å². The molecule has 2 rings (SSSR count). The van der Waals surface area contributed by atoms with Gasteiger partial charge in [-0.25, -0.2) is 4.79 Å². The lowest BCUT2D eigenvalue weighted by Crippen LogP contribution is -2.36. The monoisotopic (exact) mass is 184 g/mol. The summed E-state index contributed by atoms with van der Waals surface area (Å²) in [6.07, 6.45) is -0.298. The van der Waals surface area contributed by atoms with E-state index >= 15 is 0 Å². The fourth-order valence-electron chi connectivity index (χ4n) is 1.66. The summed E-state index contributed by atoms with van der Waals surface area (Å²) >= 11 is 0. The molecule has 0 aromatic carbocycles. The Kier molecular flexibility index (Phi) is 1.77. The second-order valence-corrected chi connectivity index (χ2v) is 4.77. The Morgan fingerprint density at radius 1 is 1.54 bits per heavy atom. The van der Waals surface area contributed by atoms with Crippen molar-refractivity contribution in [1.29, 1.82) is 0 Å². The van der Waals surface area contributed by atoms with E-state index in [2.05, 4.69) is 10.6 Å². The summed E-state index contributed by atoms with van der Waals surface area (Å²) < 4.78 is 5.14. The first-order valence-corrected chi connectivity index (χ1v) is 4.70. The number of carbonyl (C=O) groups is 1. The highest BCUT2D eigenvalue weighted by Gasteiger charge is 2.57. The number of nitrogens with one attached hydrogen (secondary N) is 2. The molecule has 1 saturated carbocycles. The molecule has 4 nitrogen and oxygen atoms in total. The van der Waals surface area contributed by atoms with Crippen LogP contribution in [0.5, 0.6) is 0 Å². The Hall–Kier alpha value is -0.770. The van der Waals surface area contributed by atoms with Crippen LogP contribution in [0.1, 0.15) is 20.8 Å². The van der Waals surface area contributed by atoms with E-state index in [1.165, 1.54) is 0 Å². The van der Waals surface area contributed by atoms with Crippen molar-refractivity contribution in [1.82, 2.24) is 10.6 Å². The molecule has 74 valence electrons. The van der Waals surface area contributed by atoms with Crippen LogP contribution in [-0.2, 0) is 4.74 Å². The Labute approximate surface area is 78.0 Å². The maximum absolute atomic E-state index is 11.3. The van der Waals surface area contributed by atoms with Gasteiger partial charge in [0.1, 0.15) is 5.60 Å². The average molecular weight is 184 g/mol. The summed E-state index contributed by atoms with van der Waals surface area (Å²) in [4.78, 5) is 11.3. The standard InChI is InChI=1S/C9H16N2O2/c1-9(2,3)13-8(12)11-7-5-4-10-6(5)7/h5-7,10H,4H2,1-3H3,(H,11,12). The summed E-state index contributed by atoms with van der Waals surface area (Å²) in [7, 11) is 0. The number of rotatable bonds is 1. The molecule has 0 radical (unpaired) electrons. The Bertz CT molecular complexity index is 224. The summed E-state index contributed by atoms with van der Waals surface area (Å²) in [5, 5.41) is 6.08. The quantitative estimate of drug-likeness (QED) is 0.623. The third-order valence-corrected chi connectivity index (χ3v) is 2.44. The molecule has 0 aromatic heterocycles. The van der Waals surface area contributed by atoms with Gasteiger partial charge in [-0.3, -0.25) is 0 Å². The largest absolute Gasteiger partial charge is 0.444 e. The van der Waals surface area contributed by atoms with E-state index in [-0.39, 0.29) is 6.09 Å². The molecule has 2 N–H and O–H groups in total. The smallest absolute Gasteiger partial charge is 0.407 e. The second-order valence-electron chi connectivity index (χ2n) is 4.77. The third-order valence-electron chi connectivity index (χ3n) is 2.44. The van der Waals surface area contributed by atoms with Gasteiger partial charge < -0.3 is 15.4 Å². The molecule has 3 atom stereocenters. The minimum absolute atomic E-state index is 0.298. The molecular formula is C9H16N2O2. The molecule has 1 amide bonds. The van der Waals surface area contributed by atoms with Crippen LogP contribution in [-0.4, -0.2) is 30.3 Å². The van der Waals surface area contributed by atoms with Gasteiger partial charge in [0.25, 0.3) is 0 Å². The highest BCUT2D eigenvalue weighted by atomic mass is 16.6. The maximum atomic E-state index is 11.3. The van der Waals surface area contributed by atoms with Gasteiger partial charge in [-0.2, -0.15) is 0 Å². The number of amides is 1. The molecule has 0 bridgehead atoms. The van der Waals surface area contributed by atoms with E-state index in [9.17, 15) is 4.79 Å². The minimum atomic E-state index is -0.397. The van der Waals surface area contributed by atoms with Crippen molar-refractivity contribution < 1.29 is 9.53 Å². The average Bonchev–Trinajstić information content (AvgIpc) is 2.23. The van der Waals surface area contributed by atoms with Crippen LogP contribution in [0.15, 0.2) is 0 Å². The number of alkyl carbamates (subject to hydrolysis) is 1. The van der Waals surface area contributed by atoms with E-state index in [0.29, 0.717) is 18.0 Å². The molecule has 1 aliphatic carbocycles. The SMILES string of the molecule is CC(C)(C)OC(=O)NC1C2CNC21. The predicted molar refractivity (Wildman–Crippen MR) is 48.4 cm³/mol. The first-order chi connectivity index (χ1) is 5.97. The van der Waals surface area contributed by atoms with Crippen molar-refractivity contribution >= 4 is 6.09 Å². The lowest BCUT2D eigenvalue weighted by molar-refractivity contribution is 0.0522. The number of fused-ring (bicyclic) bond motifs is 1. The zero-order valence-electron chi connectivity index (χ0n) is 8.26. The Morgan fingerprint density at radius 2 is 2.15 bits per heavy atom. The summed E-state index contributed by atoms with van der Waals surface area (Å²) in [5.41, 5.74) is -0.397. The molecule has 4 heteroatoms. The fraction of sp³-hybridized carbons (Fsp3) is 0.889. The van der Waals surface area contributed by atoms with E-state index in [4.69, 9.17) is 4.74 Å². The van der Waals surface area contributed by atoms with E-state index < -0.39 is 5.60 Å².